The van der Waals surface area contributed by atoms with Crippen LogP contribution in [0.5, 0.6) is 0 Å². The Morgan fingerprint density at radius 2 is 2.06 bits per heavy atom. The van der Waals surface area contributed by atoms with E-state index in [9.17, 15) is 5.11 Å². The molecule has 17 heavy (non-hydrogen) atoms. The molecule has 0 saturated heterocycles. The van der Waals surface area contributed by atoms with Gasteiger partial charge in [-0.2, -0.15) is 0 Å². The number of hydrogen-bond acceptors (Lipinski definition) is 4. The molecule has 0 aliphatic rings. The lowest BCUT2D eigenvalue weighted by molar-refractivity contribution is 0.0317. The van der Waals surface area contributed by atoms with Crippen LogP contribution in [0.25, 0.3) is 0 Å². The first-order valence-electron chi connectivity index (χ1n) is 6.56. The lowest BCUT2D eigenvalue weighted by Gasteiger charge is -2.28. The first kappa shape index (κ1) is 16.8. The summed E-state index contributed by atoms with van der Waals surface area (Å²) in [7, 11) is 1.70. The summed E-state index contributed by atoms with van der Waals surface area (Å²) < 4.78 is 5.16. The average molecular weight is 246 g/mol. The second-order valence-electron chi connectivity index (χ2n) is 5.56. The van der Waals surface area contributed by atoms with Crippen molar-refractivity contribution in [1.29, 1.82) is 0 Å². The topological polar surface area (TPSA) is 67.5 Å². The number of nitrogens with two attached hydrogens (primary N) is 1. The number of aliphatic hydroxyl groups is 1. The molecular formula is C13H30N2O2. The van der Waals surface area contributed by atoms with E-state index in [1.165, 1.54) is 0 Å². The Balaban J connectivity index is 4.00. The van der Waals surface area contributed by atoms with E-state index >= 15 is 0 Å². The molecule has 0 amide bonds. The molecule has 0 aromatic carbocycles. The van der Waals surface area contributed by atoms with Crippen molar-refractivity contribution in [3.05, 3.63) is 0 Å². The van der Waals surface area contributed by atoms with Gasteiger partial charge >= 0.3 is 0 Å². The summed E-state index contributed by atoms with van der Waals surface area (Å²) in [5.41, 5.74) is 4.85. The van der Waals surface area contributed by atoms with Crippen LogP contribution in [0, 0.1) is 5.92 Å². The van der Waals surface area contributed by atoms with Gasteiger partial charge in [-0.15, -0.1) is 0 Å². The standard InChI is InChI=1S/C13H30N2O2/c1-11(2)8-13(3,16)10-15-12(9-17-4)6-5-7-14/h11-12,15-16H,5-10,14H2,1-4H3. The van der Waals surface area contributed by atoms with Gasteiger partial charge in [-0.1, -0.05) is 13.8 Å². The number of hydrogen-bond donors (Lipinski definition) is 3. The zero-order valence-electron chi connectivity index (χ0n) is 11.8. The van der Waals surface area contributed by atoms with Gasteiger partial charge in [-0.05, 0) is 38.6 Å². The average Bonchev–Trinajstić information content (AvgIpc) is 2.20. The van der Waals surface area contributed by atoms with Crippen molar-refractivity contribution < 1.29 is 9.84 Å². The molecular weight excluding hydrogens is 216 g/mol. The zero-order chi connectivity index (χ0) is 13.3. The molecule has 0 bridgehead atoms. The van der Waals surface area contributed by atoms with Crippen LogP contribution in [0.4, 0.5) is 0 Å². The smallest absolute Gasteiger partial charge is 0.0746 e. The molecule has 0 heterocycles. The van der Waals surface area contributed by atoms with Gasteiger partial charge in [0, 0.05) is 19.7 Å². The molecule has 104 valence electrons. The monoisotopic (exact) mass is 246 g/mol. The summed E-state index contributed by atoms with van der Waals surface area (Å²) in [5, 5.41) is 13.6. The second kappa shape index (κ2) is 8.86. The van der Waals surface area contributed by atoms with Gasteiger partial charge in [0.05, 0.1) is 12.2 Å². The maximum atomic E-state index is 10.2. The summed E-state index contributed by atoms with van der Waals surface area (Å²) >= 11 is 0. The first-order chi connectivity index (χ1) is 7.91. The minimum atomic E-state index is -0.650. The van der Waals surface area contributed by atoms with E-state index < -0.39 is 5.60 Å². The largest absolute Gasteiger partial charge is 0.389 e. The van der Waals surface area contributed by atoms with E-state index in [4.69, 9.17) is 10.5 Å². The molecule has 4 heteroatoms. The molecule has 4 nitrogen and oxygen atoms in total. The van der Waals surface area contributed by atoms with E-state index in [0.717, 1.165) is 19.3 Å². The van der Waals surface area contributed by atoms with Crippen LogP contribution in [0.2, 0.25) is 0 Å². The van der Waals surface area contributed by atoms with Gasteiger partial charge in [0.25, 0.3) is 0 Å². The highest BCUT2D eigenvalue weighted by Crippen LogP contribution is 2.15. The number of rotatable bonds is 10. The van der Waals surface area contributed by atoms with Crippen molar-refractivity contribution >= 4 is 0 Å². The van der Waals surface area contributed by atoms with Gasteiger partial charge in [0.2, 0.25) is 0 Å². The third kappa shape index (κ3) is 9.53. The molecule has 0 spiro atoms. The van der Waals surface area contributed by atoms with Gasteiger partial charge in [-0.3, -0.25) is 0 Å². The van der Waals surface area contributed by atoms with Gasteiger partial charge < -0.3 is 20.9 Å². The molecule has 2 unspecified atom stereocenters. The lowest BCUT2D eigenvalue weighted by Crippen LogP contribution is -2.45. The molecule has 0 aromatic rings. The Morgan fingerprint density at radius 3 is 2.53 bits per heavy atom. The zero-order valence-corrected chi connectivity index (χ0v) is 11.8. The Hall–Kier alpha value is -0.160. The van der Waals surface area contributed by atoms with Crippen LogP contribution in [0.3, 0.4) is 0 Å². The lowest BCUT2D eigenvalue weighted by atomic mass is 9.94. The van der Waals surface area contributed by atoms with Crippen LogP contribution < -0.4 is 11.1 Å². The number of nitrogens with one attached hydrogen (secondary N) is 1. The van der Waals surface area contributed by atoms with Crippen LogP contribution in [0.1, 0.15) is 40.0 Å². The van der Waals surface area contributed by atoms with Crippen molar-refractivity contribution in [2.24, 2.45) is 11.7 Å². The van der Waals surface area contributed by atoms with E-state index in [1.807, 2.05) is 6.92 Å². The van der Waals surface area contributed by atoms with Crippen molar-refractivity contribution in [2.45, 2.75) is 51.7 Å². The Morgan fingerprint density at radius 1 is 1.41 bits per heavy atom. The fourth-order valence-electron chi connectivity index (χ4n) is 2.13. The first-order valence-corrected chi connectivity index (χ1v) is 6.56. The van der Waals surface area contributed by atoms with E-state index in [1.54, 1.807) is 7.11 Å². The highest BCUT2D eigenvalue weighted by Gasteiger charge is 2.22. The van der Waals surface area contributed by atoms with Crippen molar-refractivity contribution in [3.8, 4) is 0 Å². The Labute approximate surface area is 106 Å². The maximum absolute atomic E-state index is 10.2. The van der Waals surface area contributed by atoms with Gasteiger partial charge in [-0.25, -0.2) is 0 Å². The third-order valence-electron chi connectivity index (χ3n) is 2.74. The number of ether oxygens (including phenoxy) is 1. The highest BCUT2D eigenvalue weighted by atomic mass is 16.5. The molecule has 0 aliphatic carbocycles. The van der Waals surface area contributed by atoms with Crippen LogP contribution in [-0.2, 0) is 4.74 Å². The number of methoxy groups -OCH3 is 1. The minimum Gasteiger partial charge on any atom is -0.389 e. The highest BCUT2D eigenvalue weighted by molar-refractivity contribution is 4.79. The second-order valence-corrected chi connectivity index (χ2v) is 5.56. The normalized spacial score (nSPS) is 17.1. The summed E-state index contributed by atoms with van der Waals surface area (Å²) in [6, 6.07) is 0.280. The van der Waals surface area contributed by atoms with Crippen molar-refractivity contribution in [3.63, 3.8) is 0 Å². The molecule has 0 aromatic heterocycles. The van der Waals surface area contributed by atoms with Crippen LogP contribution in [-0.4, -0.2) is 43.6 Å². The Bertz CT molecular complexity index is 184. The summed E-state index contributed by atoms with van der Waals surface area (Å²) in [6.45, 7) is 8.09. The summed E-state index contributed by atoms with van der Waals surface area (Å²) in [4.78, 5) is 0. The molecule has 4 N–H and O–H groups in total. The fraction of sp³-hybridized carbons (Fsp3) is 1.00. The van der Waals surface area contributed by atoms with Gasteiger partial charge in [0.1, 0.15) is 0 Å². The Kier molecular flexibility index (Phi) is 8.78. The predicted molar refractivity (Wildman–Crippen MR) is 72.0 cm³/mol. The predicted octanol–water partition coefficient (Wildman–Crippen LogP) is 1.13. The van der Waals surface area contributed by atoms with Crippen LogP contribution in [0.15, 0.2) is 0 Å². The molecule has 0 radical (unpaired) electrons. The third-order valence-corrected chi connectivity index (χ3v) is 2.74. The van der Waals surface area contributed by atoms with Gasteiger partial charge in [0.15, 0.2) is 0 Å². The fourth-order valence-corrected chi connectivity index (χ4v) is 2.13. The van der Waals surface area contributed by atoms with Crippen molar-refractivity contribution in [1.82, 2.24) is 5.32 Å². The van der Waals surface area contributed by atoms with Crippen LogP contribution >= 0.6 is 0 Å². The molecule has 0 aliphatic heterocycles. The minimum absolute atomic E-state index is 0.280. The van der Waals surface area contributed by atoms with Crippen molar-refractivity contribution in [2.75, 3.05) is 26.8 Å². The molecule has 0 fully saturated rings. The summed E-state index contributed by atoms with van der Waals surface area (Å²) in [5.74, 6) is 0.497. The van der Waals surface area contributed by atoms with E-state index in [0.29, 0.717) is 25.6 Å². The molecule has 2 atom stereocenters. The molecule has 0 rings (SSSR count). The quantitative estimate of drug-likeness (QED) is 0.540. The SMILES string of the molecule is COCC(CCCN)NCC(C)(O)CC(C)C. The van der Waals surface area contributed by atoms with E-state index in [2.05, 4.69) is 19.2 Å². The molecule has 0 saturated carbocycles. The van der Waals surface area contributed by atoms with E-state index in [-0.39, 0.29) is 6.04 Å². The maximum Gasteiger partial charge on any atom is 0.0746 e. The summed E-state index contributed by atoms with van der Waals surface area (Å²) in [6.07, 6.45) is 2.77.